The molecule has 0 aromatic heterocycles. The first-order valence-electron chi connectivity index (χ1n) is 8.51. The van der Waals surface area contributed by atoms with Crippen LogP contribution in [0.4, 0.5) is 5.69 Å². The Morgan fingerprint density at radius 1 is 1.29 bits per heavy atom. The molecule has 0 aliphatic carbocycles. The predicted molar refractivity (Wildman–Crippen MR) is 89.9 cm³/mol. The lowest BCUT2D eigenvalue weighted by atomic mass is 9.97. The minimum atomic E-state index is -0.340. The van der Waals surface area contributed by atoms with Crippen LogP contribution in [0.25, 0.3) is 0 Å². The highest BCUT2D eigenvalue weighted by Gasteiger charge is 2.14. The van der Waals surface area contributed by atoms with Crippen LogP contribution in [0, 0.1) is 0 Å². The summed E-state index contributed by atoms with van der Waals surface area (Å²) in [5, 5.41) is 13.9. The molecule has 0 bridgehead atoms. The van der Waals surface area contributed by atoms with Crippen molar-refractivity contribution < 1.29 is 5.11 Å². The second-order valence-electron chi connectivity index (χ2n) is 6.04. The third-order valence-corrected chi connectivity index (χ3v) is 4.45. The summed E-state index contributed by atoms with van der Waals surface area (Å²) < 4.78 is 0. The van der Waals surface area contributed by atoms with E-state index in [4.69, 9.17) is 0 Å². The van der Waals surface area contributed by atoms with Gasteiger partial charge in [-0.05, 0) is 56.0 Å². The van der Waals surface area contributed by atoms with Crippen molar-refractivity contribution in [2.45, 2.75) is 52.1 Å². The molecule has 3 heteroatoms. The molecule has 1 aliphatic heterocycles. The Hall–Kier alpha value is -1.06. The van der Waals surface area contributed by atoms with Gasteiger partial charge >= 0.3 is 0 Å². The zero-order valence-electron chi connectivity index (χ0n) is 13.6. The van der Waals surface area contributed by atoms with Gasteiger partial charge in [0.05, 0.1) is 6.10 Å². The monoisotopic (exact) mass is 290 g/mol. The lowest BCUT2D eigenvalue weighted by Gasteiger charge is -2.23. The molecule has 1 aromatic rings. The second-order valence-corrected chi connectivity index (χ2v) is 6.04. The van der Waals surface area contributed by atoms with E-state index in [0.717, 1.165) is 44.6 Å². The normalized spacial score (nSPS) is 15.6. The average molecular weight is 290 g/mol. The Kier molecular flexibility index (Phi) is 6.52. The Morgan fingerprint density at radius 3 is 2.90 bits per heavy atom. The summed E-state index contributed by atoms with van der Waals surface area (Å²) in [6, 6.07) is 6.39. The highest BCUT2D eigenvalue weighted by molar-refractivity contribution is 5.54. The highest BCUT2D eigenvalue weighted by atomic mass is 16.3. The van der Waals surface area contributed by atoms with Crippen molar-refractivity contribution in [2.75, 3.05) is 31.5 Å². The van der Waals surface area contributed by atoms with Gasteiger partial charge in [-0.25, -0.2) is 0 Å². The van der Waals surface area contributed by atoms with Gasteiger partial charge in [-0.15, -0.1) is 0 Å². The van der Waals surface area contributed by atoms with Crippen molar-refractivity contribution >= 4 is 5.69 Å². The van der Waals surface area contributed by atoms with E-state index in [2.05, 4.69) is 42.3 Å². The van der Waals surface area contributed by atoms with Crippen LogP contribution in [0.15, 0.2) is 18.2 Å². The Morgan fingerprint density at radius 2 is 2.14 bits per heavy atom. The molecule has 0 saturated heterocycles. The molecule has 1 aromatic carbocycles. The summed E-state index contributed by atoms with van der Waals surface area (Å²) in [7, 11) is 0. The van der Waals surface area contributed by atoms with Crippen molar-refractivity contribution in [1.82, 2.24) is 4.90 Å². The molecule has 1 atom stereocenters. The van der Waals surface area contributed by atoms with Gasteiger partial charge in [-0.3, -0.25) is 0 Å². The van der Waals surface area contributed by atoms with Gasteiger partial charge in [-0.1, -0.05) is 32.4 Å². The summed E-state index contributed by atoms with van der Waals surface area (Å²) in [6.07, 6.45) is 5.27. The maximum atomic E-state index is 10.4. The van der Waals surface area contributed by atoms with E-state index in [9.17, 15) is 5.11 Å². The number of unbranched alkanes of at least 4 members (excludes halogenated alkanes) is 1. The van der Waals surface area contributed by atoms with Crippen molar-refractivity contribution in [2.24, 2.45) is 0 Å². The smallest absolute Gasteiger partial charge is 0.0802 e. The SMILES string of the molecule is CCCCN(CC)CCC(O)c1ccc2c(c1)CCCN2. The van der Waals surface area contributed by atoms with E-state index in [-0.39, 0.29) is 6.10 Å². The number of aryl methyl sites for hydroxylation is 1. The summed E-state index contributed by atoms with van der Waals surface area (Å²) in [6.45, 7) is 8.69. The number of anilines is 1. The van der Waals surface area contributed by atoms with Crippen LogP contribution in [0.1, 0.15) is 56.8 Å². The molecule has 118 valence electrons. The fourth-order valence-electron chi connectivity index (χ4n) is 2.98. The predicted octanol–water partition coefficient (Wildman–Crippen LogP) is 3.59. The standard InChI is InChI=1S/C18H30N2O/c1-3-5-12-20(4-2)13-10-18(21)16-8-9-17-15(14-16)7-6-11-19-17/h8-9,14,18-19,21H,3-7,10-13H2,1-2H3. The second kappa shape index (κ2) is 8.40. The lowest BCUT2D eigenvalue weighted by molar-refractivity contribution is 0.143. The molecule has 3 nitrogen and oxygen atoms in total. The quantitative estimate of drug-likeness (QED) is 0.768. The van der Waals surface area contributed by atoms with E-state index in [1.165, 1.54) is 30.5 Å². The minimum Gasteiger partial charge on any atom is -0.388 e. The molecule has 1 unspecified atom stereocenters. The Bertz CT molecular complexity index is 433. The Balaban J connectivity index is 1.89. The Labute approximate surface area is 129 Å². The van der Waals surface area contributed by atoms with Crippen molar-refractivity contribution in [1.29, 1.82) is 0 Å². The van der Waals surface area contributed by atoms with Crippen LogP contribution in [0.5, 0.6) is 0 Å². The first-order valence-corrected chi connectivity index (χ1v) is 8.51. The number of benzene rings is 1. The molecular formula is C18H30N2O. The fourth-order valence-corrected chi connectivity index (χ4v) is 2.98. The molecule has 1 heterocycles. The van der Waals surface area contributed by atoms with Crippen molar-refractivity contribution in [3.8, 4) is 0 Å². The number of rotatable bonds is 8. The van der Waals surface area contributed by atoms with E-state index in [1.807, 2.05) is 0 Å². The lowest BCUT2D eigenvalue weighted by Crippen LogP contribution is -2.26. The van der Waals surface area contributed by atoms with Gasteiger partial charge in [0.1, 0.15) is 0 Å². The zero-order valence-corrected chi connectivity index (χ0v) is 13.6. The van der Waals surface area contributed by atoms with Crippen LogP contribution < -0.4 is 5.32 Å². The number of aliphatic hydroxyl groups is 1. The summed E-state index contributed by atoms with van der Waals surface area (Å²) in [4.78, 5) is 2.44. The van der Waals surface area contributed by atoms with Gasteiger partial charge in [0.25, 0.3) is 0 Å². The topological polar surface area (TPSA) is 35.5 Å². The number of aliphatic hydroxyl groups excluding tert-OH is 1. The van der Waals surface area contributed by atoms with E-state index >= 15 is 0 Å². The van der Waals surface area contributed by atoms with Gasteiger partial charge < -0.3 is 15.3 Å². The van der Waals surface area contributed by atoms with E-state index in [0.29, 0.717) is 0 Å². The maximum absolute atomic E-state index is 10.4. The zero-order chi connectivity index (χ0) is 15.1. The third-order valence-electron chi connectivity index (χ3n) is 4.45. The number of hydrogen-bond donors (Lipinski definition) is 2. The van der Waals surface area contributed by atoms with Crippen LogP contribution >= 0.6 is 0 Å². The third kappa shape index (κ3) is 4.72. The van der Waals surface area contributed by atoms with Gasteiger partial charge in [0, 0.05) is 18.8 Å². The molecule has 0 fully saturated rings. The van der Waals surface area contributed by atoms with Gasteiger partial charge in [0.2, 0.25) is 0 Å². The van der Waals surface area contributed by atoms with Crippen LogP contribution in [-0.4, -0.2) is 36.2 Å². The van der Waals surface area contributed by atoms with Crippen molar-refractivity contribution in [3.05, 3.63) is 29.3 Å². The average Bonchev–Trinajstić information content (AvgIpc) is 2.54. The summed E-state index contributed by atoms with van der Waals surface area (Å²) in [5.41, 5.74) is 3.68. The molecule has 1 aliphatic rings. The fraction of sp³-hybridized carbons (Fsp3) is 0.667. The molecule has 0 amide bonds. The van der Waals surface area contributed by atoms with Crippen molar-refractivity contribution in [3.63, 3.8) is 0 Å². The molecule has 0 radical (unpaired) electrons. The number of nitrogens with one attached hydrogen (secondary N) is 1. The molecule has 2 rings (SSSR count). The molecule has 2 N–H and O–H groups in total. The highest BCUT2D eigenvalue weighted by Crippen LogP contribution is 2.26. The van der Waals surface area contributed by atoms with Crippen LogP contribution in [0.3, 0.4) is 0 Å². The summed E-state index contributed by atoms with van der Waals surface area (Å²) >= 11 is 0. The molecule has 21 heavy (non-hydrogen) atoms. The molecule has 0 saturated carbocycles. The summed E-state index contributed by atoms with van der Waals surface area (Å²) in [5.74, 6) is 0. The first kappa shape index (κ1) is 16.3. The van der Waals surface area contributed by atoms with E-state index < -0.39 is 0 Å². The molecular weight excluding hydrogens is 260 g/mol. The minimum absolute atomic E-state index is 0.340. The largest absolute Gasteiger partial charge is 0.388 e. The number of hydrogen-bond acceptors (Lipinski definition) is 3. The number of nitrogens with zero attached hydrogens (tertiary/aromatic N) is 1. The van der Waals surface area contributed by atoms with Crippen LogP contribution in [0.2, 0.25) is 0 Å². The molecule has 0 spiro atoms. The number of fused-ring (bicyclic) bond motifs is 1. The first-order chi connectivity index (χ1) is 10.2. The van der Waals surface area contributed by atoms with E-state index in [1.54, 1.807) is 0 Å². The van der Waals surface area contributed by atoms with Gasteiger partial charge in [0.15, 0.2) is 0 Å². The maximum Gasteiger partial charge on any atom is 0.0802 e. The van der Waals surface area contributed by atoms with Crippen LogP contribution in [-0.2, 0) is 6.42 Å². The van der Waals surface area contributed by atoms with Gasteiger partial charge in [-0.2, -0.15) is 0 Å².